The zero-order valence-corrected chi connectivity index (χ0v) is 13.7. The van der Waals surface area contributed by atoms with Gasteiger partial charge in [-0.1, -0.05) is 32.4 Å². The van der Waals surface area contributed by atoms with Crippen LogP contribution in [0.5, 0.6) is 0 Å². The van der Waals surface area contributed by atoms with Crippen LogP contribution in [-0.2, 0) is 11.3 Å². The van der Waals surface area contributed by atoms with Gasteiger partial charge in [-0.25, -0.2) is 0 Å². The van der Waals surface area contributed by atoms with Crippen molar-refractivity contribution >= 4 is 25.8 Å². The molecule has 0 amide bonds. The second-order valence-corrected chi connectivity index (χ2v) is 4.07. The first kappa shape index (κ1) is 14.2. The first-order chi connectivity index (χ1) is 7.27. The summed E-state index contributed by atoms with van der Waals surface area (Å²) in [5, 5.41) is 0. The van der Waals surface area contributed by atoms with E-state index in [-0.39, 0.29) is 46.8 Å². The van der Waals surface area contributed by atoms with Gasteiger partial charge in [0.15, 0.2) is 0 Å². The molecule has 0 aliphatic heterocycles. The number of rotatable bonds is 4. The molecule has 1 aromatic heterocycles. The Labute approximate surface area is 130 Å². The van der Waals surface area contributed by atoms with Crippen LogP contribution in [0.4, 0.5) is 0 Å². The Kier molecular flexibility index (Phi) is 6.03. The van der Waals surface area contributed by atoms with Crippen LogP contribution in [0.2, 0.25) is 0 Å². The number of nitrogens with zero attached hydrogens (tertiary/aromatic N) is 2. The third kappa shape index (κ3) is 3.58. The molecule has 5 heteroatoms. The molecule has 1 unspecified atom stereocenters. The molecule has 1 radical (unpaired) electrons. The van der Waals surface area contributed by atoms with E-state index in [1.807, 2.05) is 28.8 Å². The Bertz CT molecular complexity index is 484. The SMILES string of the molecule is O=C(P)CCCn1[c-]nc2ccccc21.[Pr]. The van der Waals surface area contributed by atoms with E-state index in [4.69, 9.17) is 0 Å². The molecule has 0 bridgehead atoms. The number of aryl methyl sites for hydroxylation is 1. The maximum absolute atomic E-state index is 10.8. The number of aromatic nitrogens is 2. The van der Waals surface area contributed by atoms with E-state index in [1.165, 1.54) is 0 Å². The Morgan fingerprint density at radius 3 is 2.94 bits per heavy atom. The smallest absolute Gasteiger partial charge is 0.148 e. The van der Waals surface area contributed by atoms with E-state index in [1.54, 1.807) is 0 Å². The minimum absolute atomic E-state index is 0. The van der Waals surface area contributed by atoms with Crippen LogP contribution < -0.4 is 0 Å². The Balaban J connectivity index is 0.00000128. The summed E-state index contributed by atoms with van der Waals surface area (Å²) in [6.45, 7) is 0.792. The standard InChI is InChI=1S/C11H12N2OP.Pr/c14-11(15)6-3-7-13-8-12-9-4-1-2-5-10(9)13;/h1-2,4-5H,3,6-7,15H2;/q-1;. The first-order valence-corrected chi connectivity index (χ1v) is 5.46. The molecule has 0 spiro atoms. The second kappa shape index (κ2) is 6.78. The van der Waals surface area contributed by atoms with Crippen molar-refractivity contribution in [2.24, 2.45) is 0 Å². The van der Waals surface area contributed by atoms with E-state index in [9.17, 15) is 4.79 Å². The van der Waals surface area contributed by atoms with Crippen LogP contribution >= 0.6 is 9.24 Å². The van der Waals surface area contributed by atoms with Crippen molar-refractivity contribution in [3.8, 4) is 0 Å². The van der Waals surface area contributed by atoms with Gasteiger partial charge in [-0.2, -0.15) is 0 Å². The van der Waals surface area contributed by atoms with Crippen LogP contribution in [0.15, 0.2) is 24.3 Å². The van der Waals surface area contributed by atoms with Crippen molar-refractivity contribution in [1.29, 1.82) is 0 Å². The summed E-state index contributed by atoms with van der Waals surface area (Å²) < 4.78 is 1.96. The number of hydrogen-bond donors (Lipinski definition) is 0. The van der Waals surface area contributed by atoms with Gasteiger partial charge in [-0.15, -0.1) is 12.1 Å². The predicted molar refractivity (Wildman–Crippen MR) is 62.5 cm³/mol. The molecule has 0 saturated carbocycles. The third-order valence-corrected chi connectivity index (χ3v) is 2.56. The van der Waals surface area contributed by atoms with Gasteiger partial charge in [0.25, 0.3) is 0 Å². The van der Waals surface area contributed by atoms with E-state index in [0.29, 0.717) is 6.42 Å². The summed E-state index contributed by atoms with van der Waals surface area (Å²) in [7, 11) is 2.20. The monoisotopic (exact) mass is 360 g/mol. The molecule has 0 aliphatic rings. The minimum atomic E-state index is 0. The molecule has 81 valence electrons. The summed E-state index contributed by atoms with van der Waals surface area (Å²) >= 11 is 0. The summed E-state index contributed by atoms with van der Waals surface area (Å²) in [6.07, 6.45) is 4.36. The summed E-state index contributed by atoms with van der Waals surface area (Å²) in [5.74, 6) is 0. The quantitative estimate of drug-likeness (QED) is 0.618. The molecule has 2 rings (SSSR count). The molecule has 1 aromatic carbocycles. The first-order valence-electron chi connectivity index (χ1n) is 4.88. The molecule has 2 aromatic rings. The fraction of sp³-hybridized carbons (Fsp3) is 0.273. The number of para-hydroxylation sites is 2. The molecular weight excluding hydrogens is 348 g/mol. The zero-order valence-electron chi connectivity index (χ0n) is 8.89. The molecule has 0 fully saturated rings. The predicted octanol–water partition coefficient (Wildman–Crippen LogP) is 2.02. The van der Waals surface area contributed by atoms with Gasteiger partial charge in [0.05, 0.1) is 0 Å². The van der Waals surface area contributed by atoms with Gasteiger partial charge in [-0.05, 0) is 13.0 Å². The molecule has 0 saturated heterocycles. The minimum Gasteiger partial charge on any atom is -0.447 e. The summed E-state index contributed by atoms with van der Waals surface area (Å²) in [5.41, 5.74) is 2.18. The second-order valence-electron chi connectivity index (χ2n) is 3.42. The molecule has 1 heterocycles. The maximum Gasteiger partial charge on any atom is 0.148 e. The van der Waals surface area contributed by atoms with E-state index >= 15 is 0 Å². The molecule has 16 heavy (non-hydrogen) atoms. The fourth-order valence-corrected chi connectivity index (χ4v) is 1.74. The number of hydrogen-bond acceptors (Lipinski definition) is 2. The average molecular weight is 360 g/mol. The fourth-order valence-electron chi connectivity index (χ4n) is 1.54. The van der Waals surface area contributed by atoms with Crippen LogP contribution in [0.3, 0.4) is 0 Å². The van der Waals surface area contributed by atoms with Crippen LogP contribution in [-0.4, -0.2) is 15.1 Å². The summed E-state index contributed by atoms with van der Waals surface area (Å²) in [4.78, 5) is 14.9. The van der Waals surface area contributed by atoms with E-state index < -0.39 is 0 Å². The van der Waals surface area contributed by atoms with Gasteiger partial charge in [0.1, 0.15) is 5.52 Å². The summed E-state index contributed by atoms with van der Waals surface area (Å²) in [6, 6.07) is 7.92. The van der Waals surface area contributed by atoms with Crippen molar-refractivity contribution in [2.75, 3.05) is 0 Å². The van der Waals surface area contributed by atoms with Crippen LogP contribution in [0, 0.1) is 47.6 Å². The van der Waals surface area contributed by atoms with Crippen molar-refractivity contribution in [3.63, 3.8) is 0 Å². The topological polar surface area (TPSA) is 34.9 Å². The van der Waals surface area contributed by atoms with E-state index in [2.05, 4.69) is 20.6 Å². The third-order valence-electron chi connectivity index (χ3n) is 2.27. The van der Waals surface area contributed by atoms with Crippen molar-refractivity contribution in [1.82, 2.24) is 9.55 Å². The maximum atomic E-state index is 10.8. The Morgan fingerprint density at radius 2 is 2.19 bits per heavy atom. The van der Waals surface area contributed by atoms with E-state index in [0.717, 1.165) is 24.0 Å². The molecule has 1 atom stereocenters. The van der Waals surface area contributed by atoms with Gasteiger partial charge in [0.2, 0.25) is 0 Å². The van der Waals surface area contributed by atoms with Gasteiger partial charge < -0.3 is 9.55 Å². The normalized spacial score (nSPS) is 10.1. The Hall–Kier alpha value is 0.154. The number of imidazole rings is 1. The van der Waals surface area contributed by atoms with Gasteiger partial charge >= 0.3 is 0 Å². The molecular formula is C11H12N2OPPr-. The molecule has 0 N–H and O–H groups in total. The molecule has 0 aliphatic carbocycles. The number of benzene rings is 1. The molecule has 3 nitrogen and oxygen atoms in total. The van der Waals surface area contributed by atoms with Crippen LogP contribution in [0.25, 0.3) is 11.0 Å². The van der Waals surface area contributed by atoms with Crippen molar-refractivity contribution in [2.45, 2.75) is 19.4 Å². The Morgan fingerprint density at radius 1 is 1.44 bits per heavy atom. The van der Waals surface area contributed by atoms with Crippen molar-refractivity contribution < 1.29 is 46.1 Å². The number of carbonyl (C=O) groups is 1. The number of carbonyl (C=O) groups excluding carboxylic acids is 1. The van der Waals surface area contributed by atoms with Crippen LogP contribution in [0.1, 0.15) is 12.8 Å². The van der Waals surface area contributed by atoms with Gasteiger partial charge in [-0.3, -0.25) is 4.79 Å². The largest absolute Gasteiger partial charge is 0.447 e. The number of fused-ring (bicyclic) bond motifs is 1. The average Bonchev–Trinajstić information content (AvgIpc) is 2.62. The van der Waals surface area contributed by atoms with Gasteiger partial charge in [0, 0.05) is 54.0 Å². The zero-order chi connectivity index (χ0) is 10.7. The van der Waals surface area contributed by atoms with Crippen molar-refractivity contribution in [3.05, 3.63) is 30.6 Å².